The van der Waals surface area contributed by atoms with E-state index in [-0.39, 0.29) is 17.9 Å². The van der Waals surface area contributed by atoms with Gasteiger partial charge in [0.25, 0.3) is 0 Å². The van der Waals surface area contributed by atoms with Crippen LogP contribution in [0.1, 0.15) is 44.2 Å². The number of hydrogen-bond donors (Lipinski definition) is 0. The molecule has 2 rings (SSSR count). The minimum atomic E-state index is 0.0459. The van der Waals surface area contributed by atoms with E-state index in [0.29, 0.717) is 0 Å². The average Bonchev–Trinajstić information content (AvgIpc) is 2.83. The SMILES string of the molecule is Cc1cc(C2CCCN2C(=O)C(C)C)on1. The number of aryl methyl sites for hydroxylation is 1. The lowest BCUT2D eigenvalue weighted by molar-refractivity contribution is -0.135. The van der Waals surface area contributed by atoms with E-state index >= 15 is 0 Å². The molecule has 1 aromatic heterocycles. The Balaban J connectivity index is 2.18. The van der Waals surface area contributed by atoms with Crippen LogP contribution in [0.25, 0.3) is 0 Å². The molecule has 0 aromatic carbocycles. The molecular formula is C12H18N2O2. The maximum absolute atomic E-state index is 12.0. The van der Waals surface area contributed by atoms with E-state index in [0.717, 1.165) is 30.8 Å². The molecule has 0 bridgehead atoms. The molecule has 0 radical (unpaired) electrons. The summed E-state index contributed by atoms with van der Waals surface area (Å²) in [5, 5.41) is 3.89. The van der Waals surface area contributed by atoms with Gasteiger partial charge in [0.15, 0.2) is 5.76 Å². The van der Waals surface area contributed by atoms with Crippen LogP contribution in [0.2, 0.25) is 0 Å². The summed E-state index contributed by atoms with van der Waals surface area (Å²) < 4.78 is 5.26. The molecule has 1 aliphatic heterocycles. The Hall–Kier alpha value is -1.32. The molecule has 1 fully saturated rings. The van der Waals surface area contributed by atoms with Gasteiger partial charge < -0.3 is 9.42 Å². The van der Waals surface area contributed by atoms with Crippen molar-refractivity contribution in [2.75, 3.05) is 6.54 Å². The fraction of sp³-hybridized carbons (Fsp3) is 0.667. The van der Waals surface area contributed by atoms with E-state index in [9.17, 15) is 4.79 Å². The molecule has 1 amide bonds. The molecule has 0 N–H and O–H groups in total. The molecule has 1 saturated heterocycles. The summed E-state index contributed by atoms with van der Waals surface area (Å²) in [6.45, 7) is 6.60. The van der Waals surface area contributed by atoms with E-state index < -0.39 is 0 Å². The van der Waals surface area contributed by atoms with Gasteiger partial charge in [0.2, 0.25) is 5.91 Å². The predicted octanol–water partition coefficient (Wildman–Crippen LogP) is 2.30. The van der Waals surface area contributed by atoms with Crippen LogP contribution in [0.5, 0.6) is 0 Å². The second-order valence-corrected chi connectivity index (χ2v) is 4.72. The minimum Gasteiger partial charge on any atom is -0.359 e. The minimum absolute atomic E-state index is 0.0459. The zero-order valence-electron chi connectivity index (χ0n) is 10.1. The third-order valence-electron chi connectivity index (χ3n) is 3.00. The normalized spacial score (nSPS) is 20.8. The van der Waals surface area contributed by atoms with Crippen LogP contribution in [-0.2, 0) is 4.79 Å². The predicted molar refractivity (Wildman–Crippen MR) is 59.8 cm³/mol. The van der Waals surface area contributed by atoms with Crippen LogP contribution in [0.3, 0.4) is 0 Å². The van der Waals surface area contributed by atoms with Crippen molar-refractivity contribution in [1.82, 2.24) is 10.1 Å². The Morgan fingerprint density at radius 2 is 2.38 bits per heavy atom. The molecule has 4 nitrogen and oxygen atoms in total. The molecule has 88 valence electrons. The topological polar surface area (TPSA) is 46.3 Å². The Kier molecular flexibility index (Phi) is 2.99. The lowest BCUT2D eigenvalue weighted by Crippen LogP contribution is -2.33. The summed E-state index contributed by atoms with van der Waals surface area (Å²) >= 11 is 0. The lowest BCUT2D eigenvalue weighted by atomic mass is 10.1. The van der Waals surface area contributed by atoms with Gasteiger partial charge >= 0.3 is 0 Å². The van der Waals surface area contributed by atoms with Gasteiger partial charge in [-0.2, -0.15) is 0 Å². The van der Waals surface area contributed by atoms with Gasteiger partial charge in [0.05, 0.1) is 11.7 Å². The molecule has 0 saturated carbocycles. The van der Waals surface area contributed by atoms with Crippen LogP contribution in [-0.4, -0.2) is 22.5 Å². The molecule has 1 atom stereocenters. The third-order valence-corrected chi connectivity index (χ3v) is 3.00. The first-order valence-corrected chi connectivity index (χ1v) is 5.83. The Morgan fingerprint density at radius 1 is 1.62 bits per heavy atom. The van der Waals surface area contributed by atoms with Crippen LogP contribution in [0.15, 0.2) is 10.6 Å². The van der Waals surface area contributed by atoms with E-state index in [1.54, 1.807) is 0 Å². The fourth-order valence-electron chi connectivity index (χ4n) is 2.20. The Morgan fingerprint density at radius 3 is 2.94 bits per heavy atom. The van der Waals surface area contributed by atoms with Crippen molar-refractivity contribution in [2.45, 2.75) is 39.7 Å². The molecule has 16 heavy (non-hydrogen) atoms. The number of nitrogens with zero attached hydrogens (tertiary/aromatic N) is 2. The van der Waals surface area contributed by atoms with Gasteiger partial charge in [0.1, 0.15) is 0 Å². The Bertz CT molecular complexity index is 384. The Labute approximate surface area is 95.6 Å². The molecule has 0 spiro atoms. The fourth-order valence-corrected chi connectivity index (χ4v) is 2.20. The van der Waals surface area contributed by atoms with Crippen LogP contribution in [0, 0.1) is 12.8 Å². The number of rotatable bonds is 2. The molecule has 1 aliphatic rings. The van der Waals surface area contributed by atoms with Crippen molar-refractivity contribution in [3.8, 4) is 0 Å². The van der Waals surface area contributed by atoms with E-state index in [4.69, 9.17) is 4.52 Å². The molecule has 2 heterocycles. The highest BCUT2D eigenvalue weighted by atomic mass is 16.5. The first-order valence-electron chi connectivity index (χ1n) is 5.83. The van der Waals surface area contributed by atoms with Crippen molar-refractivity contribution < 1.29 is 9.32 Å². The maximum atomic E-state index is 12.0. The van der Waals surface area contributed by atoms with Crippen LogP contribution >= 0.6 is 0 Å². The van der Waals surface area contributed by atoms with Crippen molar-refractivity contribution in [3.05, 3.63) is 17.5 Å². The third kappa shape index (κ3) is 1.96. The largest absolute Gasteiger partial charge is 0.359 e. The number of aromatic nitrogens is 1. The summed E-state index contributed by atoms with van der Waals surface area (Å²) in [4.78, 5) is 13.9. The quantitative estimate of drug-likeness (QED) is 0.771. The van der Waals surface area contributed by atoms with Crippen LogP contribution in [0.4, 0.5) is 0 Å². The first-order chi connectivity index (χ1) is 7.59. The van der Waals surface area contributed by atoms with Gasteiger partial charge in [0, 0.05) is 18.5 Å². The highest BCUT2D eigenvalue weighted by Crippen LogP contribution is 2.33. The van der Waals surface area contributed by atoms with E-state index in [1.807, 2.05) is 31.7 Å². The summed E-state index contributed by atoms with van der Waals surface area (Å²) in [6, 6.07) is 2.02. The number of carbonyl (C=O) groups is 1. The summed E-state index contributed by atoms with van der Waals surface area (Å²) in [7, 11) is 0. The number of carbonyl (C=O) groups excluding carboxylic acids is 1. The van der Waals surface area contributed by atoms with Gasteiger partial charge in [-0.15, -0.1) is 0 Å². The summed E-state index contributed by atoms with van der Waals surface area (Å²) in [6.07, 6.45) is 2.02. The smallest absolute Gasteiger partial charge is 0.225 e. The standard InChI is InChI=1S/C12H18N2O2/c1-8(2)12(15)14-6-4-5-10(14)11-7-9(3)13-16-11/h7-8,10H,4-6H2,1-3H3. The second-order valence-electron chi connectivity index (χ2n) is 4.72. The van der Waals surface area contributed by atoms with Crippen molar-refractivity contribution in [2.24, 2.45) is 5.92 Å². The second kappa shape index (κ2) is 4.28. The summed E-state index contributed by atoms with van der Waals surface area (Å²) in [5.74, 6) is 1.07. The number of hydrogen-bond acceptors (Lipinski definition) is 3. The van der Waals surface area contributed by atoms with Crippen molar-refractivity contribution in [1.29, 1.82) is 0 Å². The summed E-state index contributed by atoms with van der Waals surface area (Å²) in [5.41, 5.74) is 0.874. The number of amides is 1. The lowest BCUT2D eigenvalue weighted by Gasteiger charge is -2.24. The highest BCUT2D eigenvalue weighted by molar-refractivity contribution is 5.78. The zero-order valence-corrected chi connectivity index (χ0v) is 10.1. The monoisotopic (exact) mass is 222 g/mol. The van der Waals surface area contributed by atoms with Gasteiger partial charge in [-0.25, -0.2) is 0 Å². The first kappa shape index (κ1) is 11.2. The zero-order chi connectivity index (χ0) is 11.7. The molecule has 1 aromatic rings. The average molecular weight is 222 g/mol. The van der Waals surface area contributed by atoms with Gasteiger partial charge in [-0.3, -0.25) is 4.79 Å². The highest BCUT2D eigenvalue weighted by Gasteiger charge is 2.33. The van der Waals surface area contributed by atoms with E-state index in [2.05, 4.69) is 5.16 Å². The van der Waals surface area contributed by atoms with Crippen molar-refractivity contribution in [3.63, 3.8) is 0 Å². The van der Waals surface area contributed by atoms with Gasteiger partial charge in [-0.1, -0.05) is 19.0 Å². The number of likely N-dealkylation sites (tertiary alicyclic amines) is 1. The molecular weight excluding hydrogens is 204 g/mol. The molecule has 0 aliphatic carbocycles. The van der Waals surface area contributed by atoms with Crippen molar-refractivity contribution >= 4 is 5.91 Å². The molecule has 1 unspecified atom stereocenters. The van der Waals surface area contributed by atoms with Gasteiger partial charge in [-0.05, 0) is 19.8 Å². The van der Waals surface area contributed by atoms with Crippen LogP contribution < -0.4 is 0 Å². The molecule has 4 heteroatoms. The van der Waals surface area contributed by atoms with E-state index in [1.165, 1.54) is 0 Å². The maximum Gasteiger partial charge on any atom is 0.225 e.